The molecular formula is C19H18BrClF5N3O2S. The maximum atomic E-state index is 14.6. The van der Waals surface area contributed by atoms with E-state index in [1.54, 1.807) is 13.0 Å². The number of nitrogens with one attached hydrogen (secondary N) is 1. The molecule has 0 aromatic carbocycles. The monoisotopic (exact) mass is 561 g/mol. The fraction of sp³-hybridized carbons (Fsp3) is 0.474. The van der Waals surface area contributed by atoms with Crippen LogP contribution in [0.15, 0.2) is 10.5 Å². The lowest BCUT2D eigenvalue weighted by molar-refractivity contribution is -0.192. The van der Waals surface area contributed by atoms with Crippen LogP contribution in [-0.2, 0) is 4.79 Å². The molecule has 3 rings (SSSR count). The SMILES string of the molecule is CC#CCNc1cc(Cl)nc2c(Br)c([C@H]3[C@H](N)CCCC3(F)F)sc12.O=C(O)C(F)(F)F. The zero-order valence-corrected chi connectivity index (χ0v) is 19.7. The molecule has 1 fully saturated rings. The van der Waals surface area contributed by atoms with Crippen LogP contribution in [0.4, 0.5) is 27.6 Å². The van der Waals surface area contributed by atoms with E-state index >= 15 is 0 Å². The molecule has 176 valence electrons. The molecular weight excluding hydrogens is 545 g/mol. The van der Waals surface area contributed by atoms with Gasteiger partial charge in [0.25, 0.3) is 5.92 Å². The second kappa shape index (κ2) is 10.5. The standard InChI is InChI=1S/C17H17BrClF2N3S.C2HF3O2/c1-2-3-7-23-10-8-11(19)24-14-13(18)16(25-15(10)14)12-9(22)5-4-6-17(12,20)21;3-2(4,5)1(6)7/h8-9,12H,4-7,22H2,1H3,(H,23,24);(H,6,7)/t9-,12-;/m1./s1. The molecule has 1 aliphatic carbocycles. The molecule has 0 aliphatic heterocycles. The number of nitrogens with two attached hydrogens (primary N) is 1. The number of pyridine rings is 1. The molecule has 2 aromatic heterocycles. The molecule has 0 unspecified atom stereocenters. The highest BCUT2D eigenvalue weighted by Gasteiger charge is 2.48. The second-order valence-electron chi connectivity index (χ2n) is 6.83. The van der Waals surface area contributed by atoms with Gasteiger partial charge >= 0.3 is 12.1 Å². The summed E-state index contributed by atoms with van der Waals surface area (Å²) in [4.78, 5) is 13.7. The van der Waals surface area contributed by atoms with E-state index in [0.29, 0.717) is 39.4 Å². The summed E-state index contributed by atoms with van der Waals surface area (Å²) in [5.41, 5.74) is 7.38. The first-order valence-electron chi connectivity index (χ1n) is 9.15. The predicted molar refractivity (Wildman–Crippen MR) is 117 cm³/mol. The highest BCUT2D eigenvalue weighted by Crippen LogP contribution is 2.51. The first-order chi connectivity index (χ1) is 14.8. The molecule has 2 heterocycles. The zero-order valence-electron chi connectivity index (χ0n) is 16.5. The third kappa shape index (κ3) is 6.21. The van der Waals surface area contributed by atoms with E-state index < -0.39 is 30.0 Å². The van der Waals surface area contributed by atoms with E-state index in [2.05, 4.69) is 38.1 Å². The van der Waals surface area contributed by atoms with Crippen molar-refractivity contribution in [3.8, 4) is 11.8 Å². The van der Waals surface area contributed by atoms with E-state index in [4.69, 9.17) is 27.2 Å². The lowest BCUT2D eigenvalue weighted by Crippen LogP contribution is -2.43. The van der Waals surface area contributed by atoms with E-state index in [9.17, 15) is 22.0 Å². The van der Waals surface area contributed by atoms with Crippen LogP contribution in [0.25, 0.3) is 10.2 Å². The van der Waals surface area contributed by atoms with Crippen LogP contribution >= 0.6 is 38.9 Å². The molecule has 1 saturated carbocycles. The van der Waals surface area contributed by atoms with Crippen molar-refractivity contribution in [3.63, 3.8) is 0 Å². The summed E-state index contributed by atoms with van der Waals surface area (Å²) >= 11 is 10.9. The van der Waals surface area contributed by atoms with Gasteiger partial charge in [0.15, 0.2) is 0 Å². The first kappa shape index (κ1) is 26.6. The Morgan fingerprint density at radius 2 is 2.12 bits per heavy atom. The number of carboxylic acids is 1. The summed E-state index contributed by atoms with van der Waals surface area (Å²) in [5.74, 6) is -0.884. The number of alkyl halides is 5. The van der Waals surface area contributed by atoms with Crippen LogP contribution in [0.5, 0.6) is 0 Å². The maximum Gasteiger partial charge on any atom is 0.490 e. The van der Waals surface area contributed by atoms with Gasteiger partial charge in [0, 0.05) is 23.4 Å². The number of hydrogen-bond donors (Lipinski definition) is 3. The van der Waals surface area contributed by atoms with Crippen LogP contribution in [0, 0.1) is 11.8 Å². The van der Waals surface area contributed by atoms with Gasteiger partial charge in [-0.1, -0.05) is 17.5 Å². The van der Waals surface area contributed by atoms with Gasteiger partial charge in [-0.15, -0.1) is 17.3 Å². The van der Waals surface area contributed by atoms with E-state index in [1.807, 2.05) is 0 Å². The molecule has 2 atom stereocenters. The van der Waals surface area contributed by atoms with Gasteiger partial charge in [-0.3, -0.25) is 0 Å². The molecule has 32 heavy (non-hydrogen) atoms. The van der Waals surface area contributed by atoms with Crippen molar-refractivity contribution >= 4 is 60.7 Å². The molecule has 5 nitrogen and oxygen atoms in total. The Labute approximate surface area is 197 Å². The van der Waals surface area contributed by atoms with Crippen molar-refractivity contribution in [2.45, 2.75) is 50.2 Å². The van der Waals surface area contributed by atoms with E-state index in [0.717, 1.165) is 10.4 Å². The molecule has 0 radical (unpaired) electrons. The third-order valence-electron chi connectivity index (χ3n) is 4.58. The summed E-state index contributed by atoms with van der Waals surface area (Å²) in [5, 5.41) is 10.6. The zero-order chi connectivity index (χ0) is 24.3. The summed E-state index contributed by atoms with van der Waals surface area (Å²) in [6.45, 7) is 2.19. The van der Waals surface area contributed by atoms with E-state index in [-0.39, 0.29) is 6.42 Å². The molecule has 13 heteroatoms. The quantitative estimate of drug-likeness (QED) is 0.242. The second-order valence-corrected chi connectivity index (χ2v) is 9.06. The minimum Gasteiger partial charge on any atom is -0.475 e. The number of aliphatic carboxylic acids is 1. The topological polar surface area (TPSA) is 88.2 Å². The van der Waals surface area contributed by atoms with Crippen molar-refractivity contribution in [2.24, 2.45) is 5.73 Å². The van der Waals surface area contributed by atoms with Crippen molar-refractivity contribution in [1.82, 2.24) is 4.98 Å². The molecule has 2 aromatic rings. The van der Waals surface area contributed by atoms with Gasteiger partial charge in [0.2, 0.25) is 0 Å². The van der Waals surface area contributed by atoms with Gasteiger partial charge in [-0.2, -0.15) is 13.2 Å². The van der Waals surface area contributed by atoms with Crippen molar-refractivity contribution in [2.75, 3.05) is 11.9 Å². The average molecular weight is 563 g/mol. The van der Waals surface area contributed by atoms with Gasteiger partial charge < -0.3 is 16.2 Å². The van der Waals surface area contributed by atoms with Gasteiger partial charge in [0.05, 0.1) is 32.8 Å². The Balaban J connectivity index is 0.000000451. The molecule has 0 bridgehead atoms. The number of hydrogen-bond acceptors (Lipinski definition) is 5. The Hall–Kier alpha value is -1.68. The highest BCUT2D eigenvalue weighted by atomic mass is 79.9. The summed E-state index contributed by atoms with van der Waals surface area (Å²) < 4.78 is 62.2. The Bertz CT molecular complexity index is 1050. The fourth-order valence-electron chi connectivity index (χ4n) is 3.18. The van der Waals surface area contributed by atoms with Gasteiger partial charge in [0.1, 0.15) is 5.15 Å². The van der Waals surface area contributed by atoms with Gasteiger partial charge in [-0.25, -0.2) is 18.6 Å². The number of anilines is 1. The fourth-order valence-corrected chi connectivity index (χ4v) is 5.65. The predicted octanol–water partition coefficient (Wildman–Crippen LogP) is 6.01. The third-order valence-corrected chi connectivity index (χ3v) is 7.13. The number of rotatable bonds is 3. The Morgan fingerprint density at radius 1 is 1.50 bits per heavy atom. The number of thiophene rings is 1. The number of carboxylic acid groups (broad SMARTS) is 1. The maximum absolute atomic E-state index is 14.6. The largest absolute Gasteiger partial charge is 0.490 e. The number of carbonyl (C=O) groups is 1. The number of halogens is 7. The van der Waals surface area contributed by atoms with Crippen molar-refractivity contribution < 1.29 is 31.9 Å². The van der Waals surface area contributed by atoms with Crippen LogP contribution in [0.2, 0.25) is 5.15 Å². The van der Waals surface area contributed by atoms with Crippen LogP contribution in [0.1, 0.15) is 37.0 Å². The average Bonchev–Trinajstić information content (AvgIpc) is 2.97. The Kier molecular flexibility index (Phi) is 8.72. The molecule has 1 aliphatic rings. The first-order valence-corrected chi connectivity index (χ1v) is 11.1. The summed E-state index contributed by atoms with van der Waals surface area (Å²) in [7, 11) is 0. The van der Waals surface area contributed by atoms with E-state index in [1.165, 1.54) is 11.3 Å². The van der Waals surface area contributed by atoms with Crippen LogP contribution in [-0.4, -0.2) is 40.7 Å². The van der Waals surface area contributed by atoms with Crippen molar-refractivity contribution in [1.29, 1.82) is 0 Å². The molecule has 0 amide bonds. The van der Waals surface area contributed by atoms with Crippen LogP contribution < -0.4 is 11.1 Å². The van der Waals surface area contributed by atoms with Crippen molar-refractivity contribution in [3.05, 3.63) is 20.6 Å². The highest BCUT2D eigenvalue weighted by molar-refractivity contribution is 9.10. The lowest BCUT2D eigenvalue weighted by Gasteiger charge is -2.35. The number of fused-ring (bicyclic) bond motifs is 1. The number of aromatic nitrogens is 1. The minimum atomic E-state index is -5.08. The lowest BCUT2D eigenvalue weighted by atomic mass is 9.81. The normalized spacial score (nSPS) is 20.0. The summed E-state index contributed by atoms with van der Waals surface area (Å²) in [6.07, 6.45) is -4.19. The smallest absolute Gasteiger partial charge is 0.475 e. The summed E-state index contributed by atoms with van der Waals surface area (Å²) in [6, 6.07) is 1.11. The number of nitrogens with zero attached hydrogens (tertiary/aromatic N) is 1. The minimum absolute atomic E-state index is 0.141. The van der Waals surface area contributed by atoms with Crippen LogP contribution in [0.3, 0.4) is 0 Å². The molecule has 0 spiro atoms. The molecule has 0 saturated heterocycles. The molecule has 4 N–H and O–H groups in total. The van der Waals surface area contributed by atoms with Gasteiger partial charge in [-0.05, 0) is 35.7 Å². The Morgan fingerprint density at radius 3 is 2.66 bits per heavy atom.